The summed E-state index contributed by atoms with van der Waals surface area (Å²) in [5.74, 6) is -0.601. The van der Waals surface area contributed by atoms with Crippen molar-refractivity contribution in [3.05, 3.63) is 35.6 Å². The van der Waals surface area contributed by atoms with E-state index in [4.69, 9.17) is 4.74 Å². The molecule has 1 aromatic rings. The molecule has 0 fully saturated rings. The van der Waals surface area contributed by atoms with Gasteiger partial charge in [0.15, 0.2) is 5.78 Å². The smallest absolute Gasteiger partial charge is 0.407 e. The van der Waals surface area contributed by atoms with Gasteiger partial charge in [-0.3, -0.25) is 9.59 Å². The van der Waals surface area contributed by atoms with E-state index in [0.29, 0.717) is 17.9 Å². The highest BCUT2D eigenvalue weighted by molar-refractivity contribution is 5.97. The molecule has 0 aliphatic carbocycles. The third-order valence-corrected chi connectivity index (χ3v) is 3.77. The van der Waals surface area contributed by atoms with Crippen LogP contribution in [0.5, 0.6) is 0 Å². The van der Waals surface area contributed by atoms with Crippen LogP contribution < -0.4 is 10.6 Å². The molecule has 6 nitrogen and oxygen atoms in total. The fraction of sp³-hybridized carbons (Fsp3) is 0.571. The highest BCUT2D eigenvalue weighted by Crippen LogP contribution is 2.10. The molecule has 0 heterocycles. The Morgan fingerprint density at radius 2 is 1.68 bits per heavy atom. The fourth-order valence-corrected chi connectivity index (χ4v) is 2.57. The van der Waals surface area contributed by atoms with Gasteiger partial charge >= 0.3 is 6.09 Å². The second-order valence-electron chi connectivity index (χ2n) is 8.21. The third-order valence-electron chi connectivity index (χ3n) is 3.77. The van der Waals surface area contributed by atoms with Crippen molar-refractivity contribution in [2.45, 2.75) is 65.5 Å². The van der Waals surface area contributed by atoms with Gasteiger partial charge in [-0.2, -0.15) is 0 Å². The second kappa shape index (κ2) is 10.8. The van der Waals surface area contributed by atoms with Gasteiger partial charge in [0.05, 0.1) is 0 Å². The van der Waals surface area contributed by atoms with Crippen molar-refractivity contribution in [2.75, 3.05) is 6.54 Å². The maximum absolute atomic E-state index is 12.9. The Balaban J connectivity index is 2.47. The molecule has 1 aromatic carbocycles. The van der Waals surface area contributed by atoms with Crippen LogP contribution in [0, 0.1) is 11.7 Å². The lowest BCUT2D eigenvalue weighted by Crippen LogP contribution is -2.46. The number of benzene rings is 1. The number of Topliss-reactive ketones (excluding diaryl/α,β-unsaturated/α-hetero) is 1. The van der Waals surface area contributed by atoms with Crippen LogP contribution in [0.15, 0.2) is 24.3 Å². The van der Waals surface area contributed by atoms with Crippen molar-refractivity contribution < 1.29 is 23.5 Å². The molecule has 7 heteroatoms. The second-order valence-corrected chi connectivity index (χ2v) is 8.21. The zero-order chi connectivity index (χ0) is 21.3. The maximum Gasteiger partial charge on any atom is 0.407 e. The Morgan fingerprint density at radius 3 is 2.21 bits per heavy atom. The van der Waals surface area contributed by atoms with Crippen LogP contribution in [-0.2, 0) is 9.53 Å². The van der Waals surface area contributed by atoms with Crippen LogP contribution in [0.2, 0.25) is 0 Å². The lowest BCUT2D eigenvalue weighted by atomic mass is 10.0. The van der Waals surface area contributed by atoms with E-state index in [2.05, 4.69) is 10.6 Å². The van der Waals surface area contributed by atoms with E-state index in [1.165, 1.54) is 24.3 Å². The Labute approximate surface area is 166 Å². The van der Waals surface area contributed by atoms with Crippen molar-refractivity contribution in [2.24, 2.45) is 5.92 Å². The number of hydrogen-bond acceptors (Lipinski definition) is 4. The van der Waals surface area contributed by atoms with E-state index in [1.807, 2.05) is 13.8 Å². The van der Waals surface area contributed by atoms with E-state index >= 15 is 0 Å². The molecule has 156 valence electrons. The zero-order valence-corrected chi connectivity index (χ0v) is 17.3. The normalized spacial score (nSPS) is 12.4. The first-order chi connectivity index (χ1) is 13.0. The number of halogens is 1. The minimum atomic E-state index is -0.601. The molecule has 0 bridgehead atoms. The van der Waals surface area contributed by atoms with Crippen LogP contribution in [-0.4, -0.2) is 36.0 Å². The first kappa shape index (κ1) is 23.6. The van der Waals surface area contributed by atoms with Crippen molar-refractivity contribution >= 4 is 17.8 Å². The van der Waals surface area contributed by atoms with Crippen LogP contribution in [0.3, 0.4) is 0 Å². The molecule has 0 spiro atoms. The summed E-state index contributed by atoms with van der Waals surface area (Å²) in [7, 11) is 0. The first-order valence-corrected chi connectivity index (χ1v) is 9.51. The quantitative estimate of drug-likeness (QED) is 0.623. The molecular weight excluding hydrogens is 363 g/mol. The average Bonchev–Trinajstić information content (AvgIpc) is 2.56. The molecule has 0 aliphatic rings. The van der Waals surface area contributed by atoms with E-state index < -0.39 is 17.5 Å². The van der Waals surface area contributed by atoms with Gasteiger partial charge in [0.25, 0.3) is 0 Å². The predicted octanol–water partition coefficient (Wildman–Crippen LogP) is 3.84. The van der Waals surface area contributed by atoms with Gasteiger partial charge in [0, 0.05) is 31.0 Å². The molecule has 0 unspecified atom stereocenters. The lowest BCUT2D eigenvalue weighted by Gasteiger charge is -2.25. The monoisotopic (exact) mass is 394 g/mol. The number of rotatable bonds is 9. The Bertz CT molecular complexity index is 666. The average molecular weight is 394 g/mol. The van der Waals surface area contributed by atoms with Gasteiger partial charge in [-0.05, 0) is 57.4 Å². The summed E-state index contributed by atoms with van der Waals surface area (Å²) < 4.78 is 18.2. The van der Waals surface area contributed by atoms with E-state index in [9.17, 15) is 18.8 Å². The number of carbonyl (C=O) groups is 3. The number of amides is 2. The molecular formula is C21H31FN2O4. The number of ether oxygens (including phenoxy) is 1. The number of nitrogens with one attached hydrogen (secondary N) is 2. The minimum Gasteiger partial charge on any atom is -0.444 e. The van der Waals surface area contributed by atoms with E-state index in [1.54, 1.807) is 20.8 Å². The topological polar surface area (TPSA) is 84.5 Å². The molecule has 0 saturated carbocycles. The highest BCUT2D eigenvalue weighted by Gasteiger charge is 2.21. The Hall–Kier alpha value is -2.44. The molecule has 28 heavy (non-hydrogen) atoms. The molecule has 0 radical (unpaired) electrons. The molecule has 2 N–H and O–H groups in total. The summed E-state index contributed by atoms with van der Waals surface area (Å²) in [5, 5.41) is 5.53. The minimum absolute atomic E-state index is 0.0248. The SMILES string of the molecule is CC(C)C[C@@H](CNC(=O)CCC(=O)c1ccc(F)cc1)NC(=O)OC(C)(C)C. The standard InChI is InChI=1S/C21H31FN2O4/c1-14(2)12-17(24-20(27)28-21(3,4)5)13-23-19(26)11-10-18(25)15-6-8-16(22)9-7-15/h6-9,14,17H,10-13H2,1-5H3,(H,23,26)(H,24,27)/t17-/m0/s1. The predicted molar refractivity (Wildman–Crippen MR) is 106 cm³/mol. The Morgan fingerprint density at radius 1 is 1.07 bits per heavy atom. The molecule has 0 aromatic heterocycles. The number of hydrogen-bond donors (Lipinski definition) is 2. The van der Waals surface area contributed by atoms with Crippen LogP contribution in [0.4, 0.5) is 9.18 Å². The number of carbonyl (C=O) groups excluding carboxylic acids is 3. The molecule has 0 saturated heterocycles. The summed E-state index contributed by atoms with van der Waals surface area (Å²) in [6.45, 7) is 9.64. The fourth-order valence-electron chi connectivity index (χ4n) is 2.57. The summed E-state index contributed by atoms with van der Waals surface area (Å²) in [5.41, 5.74) is -0.227. The Kier molecular flexibility index (Phi) is 9.09. The highest BCUT2D eigenvalue weighted by atomic mass is 19.1. The first-order valence-electron chi connectivity index (χ1n) is 9.51. The van der Waals surface area contributed by atoms with Gasteiger partial charge in [-0.25, -0.2) is 9.18 Å². The summed E-state index contributed by atoms with van der Waals surface area (Å²) >= 11 is 0. The van der Waals surface area contributed by atoms with Crippen LogP contribution >= 0.6 is 0 Å². The third kappa shape index (κ3) is 10.0. The van der Waals surface area contributed by atoms with E-state index in [0.717, 1.165) is 0 Å². The van der Waals surface area contributed by atoms with Crippen molar-refractivity contribution in [1.29, 1.82) is 0 Å². The molecule has 2 amide bonds. The van der Waals surface area contributed by atoms with Crippen molar-refractivity contribution in [1.82, 2.24) is 10.6 Å². The molecule has 0 aliphatic heterocycles. The van der Waals surface area contributed by atoms with Crippen molar-refractivity contribution in [3.63, 3.8) is 0 Å². The number of ketones is 1. The zero-order valence-electron chi connectivity index (χ0n) is 17.3. The lowest BCUT2D eigenvalue weighted by molar-refractivity contribution is -0.121. The van der Waals surface area contributed by atoms with Crippen LogP contribution in [0.25, 0.3) is 0 Å². The van der Waals surface area contributed by atoms with Gasteiger partial charge in [-0.15, -0.1) is 0 Å². The number of alkyl carbamates (subject to hydrolysis) is 1. The maximum atomic E-state index is 12.9. The van der Waals surface area contributed by atoms with Crippen molar-refractivity contribution in [3.8, 4) is 0 Å². The largest absolute Gasteiger partial charge is 0.444 e. The summed E-state index contributed by atoms with van der Waals surface area (Å²) in [4.78, 5) is 36.1. The van der Waals surface area contributed by atoms with Crippen LogP contribution in [0.1, 0.15) is 64.2 Å². The summed E-state index contributed by atoms with van der Waals surface area (Å²) in [6, 6.07) is 4.96. The van der Waals surface area contributed by atoms with Gasteiger partial charge in [0.1, 0.15) is 11.4 Å². The molecule has 1 atom stereocenters. The summed E-state index contributed by atoms with van der Waals surface area (Å²) in [6.07, 6.45) is 0.204. The van der Waals surface area contributed by atoms with Gasteiger partial charge in [-0.1, -0.05) is 13.8 Å². The van der Waals surface area contributed by atoms with E-state index in [-0.39, 0.29) is 37.1 Å². The molecule has 1 rings (SSSR count). The van der Waals surface area contributed by atoms with Gasteiger partial charge in [0.2, 0.25) is 5.91 Å². The van der Waals surface area contributed by atoms with Gasteiger partial charge < -0.3 is 15.4 Å².